The minimum atomic E-state index is -0.976. The van der Waals surface area contributed by atoms with Crippen molar-refractivity contribution in [3.8, 4) is 16.9 Å². The van der Waals surface area contributed by atoms with Crippen LogP contribution < -0.4 is 5.32 Å². The van der Waals surface area contributed by atoms with Crippen LogP contribution in [0, 0.1) is 0 Å². The average molecular weight is 469 g/mol. The molecule has 1 amide bonds. The maximum atomic E-state index is 13.1. The van der Waals surface area contributed by atoms with Gasteiger partial charge in [-0.05, 0) is 47.0 Å². The summed E-state index contributed by atoms with van der Waals surface area (Å²) < 4.78 is 4.85. The zero-order valence-corrected chi connectivity index (χ0v) is 19.1. The number of phenols is 1. The van der Waals surface area contributed by atoms with Crippen molar-refractivity contribution in [2.45, 2.75) is 12.5 Å². The monoisotopic (exact) mass is 468 g/mol. The van der Waals surface area contributed by atoms with Gasteiger partial charge in [0.05, 0.1) is 12.6 Å². The van der Waals surface area contributed by atoms with Crippen LogP contribution in [0.4, 0.5) is 0 Å². The number of fused-ring (bicyclic) bond motifs is 1. The number of nitrogens with zero attached hydrogens (tertiary/aromatic N) is 1. The molecule has 0 aliphatic carbocycles. The van der Waals surface area contributed by atoms with Gasteiger partial charge in [0.15, 0.2) is 0 Å². The van der Waals surface area contributed by atoms with Crippen LogP contribution in [0.1, 0.15) is 21.6 Å². The van der Waals surface area contributed by atoms with Gasteiger partial charge >= 0.3 is 5.97 Å². The van der Waals surface area contributed by atoms with Crippen molar-refractivity contribution in [3.05, 3.63) is 102 Å². The second-order valence-corrected chi connectivity index (χ2v) is 8.02. The molecule has 1 heterocycles. The second kappa shape index (κ2) is 10.1. The average Bonchev–Trinajstić information content (AvgIpc) is 2.88. The van der Waals surface area contributed by atoms with Gasteiger partial charge in [0, 0.05) is 17.4 Å². The summed E-state index contributed by atoms with van der Waals surface area (Å²) in [5.41, 5.74) is 3.54. The molecule has 0 radical (unpaired) electrons. The number of benzene rings is 3. The molecule has 4 aromatic rings. The number of nitrogens with one attached hydrogen (secondary N) is 1. The van der Waals surface area contributed by atoms with Crippen molar-refractivity contribution in [2.75, 3.05) is 7.11 Å². The van der Waals surface area contributed by atoms with Crippen LogP contribution in [0.15, 0.2) is 85.4 Å². The van der Waals surface area contributed by atoms with Crippen molar-refractivity contribution in [1.29, 1.82) is 0 Å². The number of pyridine rings is 1. The normalized spacial score (nSPS) is 11.6. The summed E-state index contributed by atoms with van der Waals surface area (Å²) in [6, 6.07) is 22.1. The maximum Gasteiger partial charge on any atom is 0.328 e. The number of aromatic hydroxyl groups is 1. The molecule has 7 nitrogen and oxygen atoms in total. The standard InChI is InChI=1S/C28H24N2O5/c1-17(31)22-16-25(29-24-13-10-20(15-23(22)24)19-6-4-3-5-7-19)27(33)30-26(28(34)35-2)14-18-8-11-21(32)12-9-18/h3-13,15-16,26,31-32H,1,14H2,2H3,(H,30,33)/t26-/m0/s1. The van der Waals surface area contributed by atoms with Crippen LogP contribution in [0.5, 0.6) is 5.75 Å². The number of aliphatic hydroxyl groups is 1. The highest BCUT2D eigenvalue weighted by atomic mass is 16.5. The van der Waals surface area contributed by atoms with E-state index in [-0.39, 0.29) is 23.6 Å². The molecule has 7 heteroatoms. The van der Waals surface area contributed by atoms with Gasteiger partial charge in [-0.2, -0.15) is 0 Å². The van der Waals surface area contributed by atoms with Gasteiger partial charge < -0.3 is 20.3 Å². The van der Waals surface area contributed by atoms with Crippen LogP contribution >= 0.6 is 0 Å². The second-order valence-electron chi connectivity index (χ2n) is 8.02. The molecule has 0 unspecified atom stereocenters. The molecule has 0 saturated heterocycles. The van der Waals surface area contributed by atoms with Crippen LogP contribution in [0.25, 0.3) is 27.8 Å². The Labute approximate surface area is 202 Å². The fourth-order valence-electron chi connectivity index (χ4n) is 3.83. The summed E-state index contributed by atoms with van der Waals surface area (Å²) in [4.78, 5) is 29.9. The largest absolute Gasteiger partial charge is 0.508 e. The van der Waals surface area contributed by atoms with E-state index >= 15 is 0 Å². The van der Waals surface area contributed by atoms with E-state index in [1.165, 1.54) is 25.3 Å². The summed E-state index contributed by atoms with van der Waals surface area (Å²) in [5.74, 6) is -1.33. The first-order valence-corrected chi connectivity index (χ1v) is 10.9. The highest BCUT2D eigenvalue weighted by Crippen LogP contribution is 2.28. The lowest BCUT2D eigenvalue weighted by atomic mass is 9.99. The number of carbonyl (C=O) groups is 2. The maximum absolute atomic E-state index is 13.1. The van der Waals surface area contributed by atoms with Gasteiger partial charge in [0.2, 0.25) is 0 Å². The molecule has 0 aliphatic rings. The number of carbonyl (C=O) groups excluding carboxylic acids is 2. The SMILES string of the molecule is C=C(O)c1cc(C(=O)N[C@@H](Cc2ccc(O)cc2)C(=O)OC)nc2ccc(-c3ccccc3)cc12. The topological polar surface area (TPSA) is 109 Å². The van der Waals surface area contributed by atoms with Gasteiger partial charge in [-0.3, -0.25) is 4.79 Å². The Morgan fingerprint density at radius 2 is 1.71 bits per heavy atom. The fraction of sp³-hybridized carbons (Fsp3) is 0.107. The van der Waals surface area contributed by atoms with E-state index in [4.69, 9.17) is 4.74 Å². The van der Waals surface area contributed by atoms with Gasteiger partial charge in [-0.1, -0.05) is 55.1 Å². The van der Waals surface area contributed by atoms with Crippen molar-refractivity contribution in [2.24, 2.45) is 0 Å². The Kier molecular flexibility index (Phi) is 6.78. The number of rotatable bonds is 7. The third kappa shape index (κ3) is 5.30. The Bertz CT molecular complexity index is 1400. The Morgan fingerprint density at radius 1 is 1.00 bits per heavy atom. The molecular formula is C28H24N2O5. The number of ether oxygens (including phenoxy) is 1. The summed E-state index contributed by atoms with van der Waals surface area (Å²) in [5, 5.41) is 23.1. The zero-order chi connectivity index (χ0) is 24.9. The Balaban J connectivity index is 1.67. The third-order valence-electron chi connectivity index (χ3n) is 5.63. The number of hydrogen-bond donors (Lipinski definition) is 3. The molecule has 0 aliphatic heterocycles. The number of phenolic OH excluding ortho intramolecular Hbond substituents is 1. The zero-order valence-electron chi connectivity index (χ0n) is 19.1. The Hall–Kier alpha value is -4.65. The predicted octanol–water partition coefficient (Wildman–Crippen LogP) is 4.65. The molecule has 0 fully saturated rings. The molecule has 0 bridgehead atoms. The highest BCUT2D eigenvalue weighted by molar-refractivity contribution is 6.00. The van der Waals surface area contributed by atoms with Gasteiger partial charge in [0.1, 0.15) is 23.2 Å². The smallest absolute Gasteiger partial charge is 0.328 e. The first kappa shape index (κ1) is 23.5. The van der Waals surface area contributed by atoms with Crippen LogP contribution in [0.3, 0.4) is 0 Å². The quantitative estimate of drug-likeness (QED) is 0.269. The van der Waals surface area contributed by atoms with E-state index in [9.17, 15) is 19.8 Å². The fourth-order valence-corrected chi connectivity index (χ4v) is 3.83. The number of aromatic nitrogens is 1. The summed E-state index contributed by atoms with van der Waals surface area (Å²) >= 11 is 0. The summed E-state index contributed by atoms with van der Waals surface area (Å²) in [7, 11) is 1.24. The van der Waals surface area contributed by atoms with Crippen molar-refractivity contribution >= 4 is 28.5 Å². The van der Waals surface area contributed by atoms with E-state index in [1.54, 1.807) is 18.2 Å². The van der Waals surface area contributed by atoms with E-state index in [1.807, 2.05) is 42.5 Å². The minimum Gasteiger partial charge on any atom is -0.508 e. The van der Waals surface area contributed by atoms with Crippen molar-refractivity contribution < 1.29 is 24.5 Å². The van der Waals surface area contributed by atoms with Crippen LogP contribution in [0.2, 0.25) is 0 Å². The molecular weight excluding hydrogens is 444 g/mol. The lowest BCUT2D eigenvalue weighted by molar-refractivity contribution is -0.142. The van der Waals surface area contributed by atoms with E-state index < -0.39 is 17.9 Å². The summed E-state index contributed by atoms with van der Waals surface area (Å²) in [6.45, 7) is 3.65. The van der Waals surface area contributed by atoms with E-state index in [0.29, 0.717) is 16.5 Å². The van der Waals surface area contributed by atoms with Crippen LogP contribution in [-0.2, 0) is 16.0 Å². The molecule has 35 heavy (non-hydrogen) atoms. The lowest BCUT2D eigenvalue weighted by Crippen LogP contribution is -2.43. The minimum absolute atomic E-state index is 0.0229. The van der Waals surface area contributed by atoms with Gasteiger partial charge in [-0.15, -0.1) is 0 Å². The number of methoxy groups -OCH3 is 1. The Morgan fingerprint density at radius 3 is 2.37 bits per heavy atom. The molecule has 1 atom stereocenters. The molecule has 0 spiro atoms. The number of hydrogen-bond acceptors (Lipinski definition) is 6. The first-order chi connectivity index (χ1) is 16.9. The molecule has 1 aromatic heterocycles. The number of aliphatic hydroxyl groups excluding tert-OH is 1. The number of amides is 1. The van der Waals surface area contributed by atoms with Crippen LogP contribution in [-0.4, -0.2) is 40.2 Å². The summed E-state index contributed by atoms with van der Waals surface area (Å²) in [6.07, 6.45) is 0.159. The predicted molar refractivity (Wildman–Crippen MR) is 134 cm³/mol. The van der Waals surface area contributed by atoms with Crippen molar-refractivity contribution in [3.63, 3.8) is 0 Å². The lowest BCUT2D eigenvalue weighted by Gasteiger charge is -2.17. The highest BCUT2D eigenvalue weighted by Gasteiger charge is 2.24. The van der Waals surface area contributed by atoms with Crippen molar-refractivity contribution in [1.82, 2.24) is 10.3 Å². The van der Waals surface area contributed by atoms with E-state index in [0.717, 1.165) is 16.7 Å². The number of esters is 1. The first-order valence-electron chi connectivity index (χ1n) is 10.9. The molecule has 3 N–H and O–H groups in total. The molecule has 0 saturated carbocycles. The third-order valence-corrected chi connectivity index (χ3v) is 5.63. The molecule has 176 valence electrons. The molecule has 4 rings (SSSR count). The van der Waals surface area contributed by atoms with Gasteiger partial charge in [-0.25, -0.2) is 9.78 Å². The van der Waals surface area contributed by atoms with E-state index in [2.05, 4.69) is 16.9 Å². The van der Waals surface area contributed by atoms with Gasteiger partial charge in [0.25, 0.3) is 5.91 Å². The molecule has 3 aromatic carbocycles.